The van der Waals surface area contributed by atoms with E-state index in [-0.39, 0.29) is 12.1 Å². The van der Waals surface area contributed by atoms with Crippen LogP contribution in [0.2, 0.25) is 0 Å². The van der Waals surface area contributed by atoms with Crippen LogP contribution in [-0.2, 0) is 4.79 Å². The summed E-state index contributed by atoms with van der Waals surface area (Å²) in [7, 11) is 1.77. The number of aromatic amines is 1. The summed E-state index contributed by atoms with van der Waals surface area (Å²) in [6, 6.07) is 0. The summed E-state index contributed by atoms with van der Waals surface area (Å²) in [5.74, 6) is -0.487. The molecule has 1 saturated carbocycles. The van der Waals surface area contributed by atoms with Crippen LogP contribution in [0.1, 0.15) is 38.5 Å². The molecule has 0 spiro atoms. The molecule has 0 aliphatic heterocycles. The molecule has 0 atom stereocenters. The number of hydrogen-bond acceptors (Lipinski definition) is 5. The minimum atomic E-state index is -0.845. The molecule has 4 N–H and O–H groups in total. The average Bonchev–Trinajstić information content (AvgIpc) is 2.41. The summed E-state index contributed by atoms with van der Waals surface area (Å²) < 4.78 is 0. The standard InChI is InChI=1S/C13H20N4O3/c1-17(11-10(14)12(20)16-8-15-11)13(7-9(18)19)5-3-2-4-6-13/h8H,2-7,14H2,1H3,(H,18,19)(H,15,16,20). The summed E-state index contributed by atoms with van der Waals surface area (Å²) in [6.07, 6.45) is 5.90. The second-order valence-electron chi connectivity index (χ2n) is 5.38. The molecule has 7 nitrogen and oxygen atoms in total. The van der Waals surface area contributed by atoms with Crippen LogP contribution >= 0.6 is 0 Å². The van der Waals surface area contributed by atoms with Gasteiger partial charge in [0.2, 0.25) is 0 Å². The van der Waals surface area contributed by atoms with E-state index in [1.54, 1.807) is 11.9 Å². The lowest BCUT2D eigenvalue weighted by molar-refractivity contribution is -0.138. The van der Waals surface area contributed by atoms with Crippen molar-refractivity contribution in [2.75, 3.05) is 17.7 Å². The summed E-state index contributed by atoms with van der Waals surface area (Å²) in [5.41, 5.74) is 4.90. The van der Waals surface area contributed by atoms with Crippen molar-refractivity contribution in [1.82, 2.24) is 9.97 Å². The number of carboxylic acids is 1. The molecule has 1 aromatic rings. The largest absolute Gasteiger partial charge is 0.481 e. The highest BCUT2D eigenvalue weighted by atomic mass is 16.4. The van der Waals surface area contributed by atoms with Crippen LogP contribution in [0.5, 0.6) is 0 Å². The van der Waals surface area contributed by atoms with E-state index in [0.29, 0.717) is 5.82 Å². The van der Waals surface area contributed by atoms with Gasteiger partial charge in [0.1, 0.15) is 5.69 Å². The van der Waals surface area contributed by atoms with Gasteiger partial charge < -0.3 is 20.7 Å². The normalized spacial score (nSPS) is 17.6. The van der Waals surface area contributed by atoms with Crippen molar-refractivity contribution in [3.05, 3.63) is 16.7 Å². The number of anilines is 2. The number of nitrogens with zero attached hydrogens (tertiary/aromatic N) is 2. The van der Waals surface area contributed by atoms with Crippen LogP contribution in [-0.4, -0.2) is 33.6 Å². The van der Waals surface area contributed by atoms with E-state index in [4.69, 9.17) is 5.73 Å². The van der Waals surface area contributed by atoms with Gasteiger partial charge in [-0.1, -0.05) is 19.3 Å². The Bertz CT molecular complexity index is 549. The number of nitrogens with two attached hydrogens (primary N) is 1. The van der Waals surface area contributed by atoms with E-state index >= 15 is 0 Å². The van der Waals surface area contributed by atoms with E-state index in [0.717, 1.165) is 32.1 Å². The van der Waals surface area contributed by atoms with Crippen LogP contribution in [0.15, 0.2) is 11.1 Å². The van der Waals surface area contributed by atoms with Gasteiger partial charge in [-0.2, -0.15) is 0 Å². The van der Waals surface area contributed by atoms with Crippen molar-refractivity contribution in [3.8, 4) is 0 Å². The first-order valence-electron chi connectivity index (χ1n) is 6.75. The van der Waals surface area contributed by atoms with E-state index < -0.39 is 17.1 Å². The Hall–Kier alpha value is -2.05. The van der Waals surface area contributed by atoms with Crippen LogP contribution in [0.3, 0.4) is 0 Å². The van der Waals surface area contributed by atoms with Crippen molar-refractivity contribution in [2.24, 2.45) is 0 Å². The van der Waals surface area contributed by atoms with E-state index in [1.165, 1.54) is 6.33 Å². The Morgan fingerprint density at radius 3 is 2.75 bits per heavy atom. The molecule has 0 aromatic carbocycles. The predicted molar refractivity (Wildman–Crippen MR) is 75.7 cm³/mol. The van der Waals surface area contributed by atoms with Gasteiger partial charge in [0.15, 0.2) is 5.82 Å². The lowest BCUT2D eigenvalue weighted by atomic mass is 9.78. The van der Waals surface area contributed by atoms with Crippen molar-refractivity contribution < 1.29 is 9.90 Å². The molecule has 110 valence electrons. The number of rotatable bonds is 4. The quantitative estimate of drug-likeness (QED) is 0.757. The van der Waals surface area contributed by atoms with Crippen LogP contribution in [0.4, 0.5) is 11.5 Å². The molecule has 7 heteroatoms. The number of aliphatic carboxylic acids is 1. The zero-order valence-corrected chi connectivity index (χ0v) is 11.6. The third kappa shape index (κ3) is 2.61. The molecular formula is C13H20N4O3. The van der Waals surface area contributed by atoms with Gasteiger partial charge in [-0.05, 0) is 12.8 Å². The maximum absolute atomic E-state index is 11.6. The molecule has 0 unspecified atom stereocenters. The molecule has 1 heterocycles. The number of aromatic nitrogens is 2. The van der Waals surface area contributed by atoms with Crippen LogP contribution in [0, 0.1) is 0 Å². The highest BCUT2D eigenvalue weighted by Crippen LogP contribution is 2.38. The van der Waals surface area contributed by atoms with E-state index in [9.17, 15) is 14.7 Å². The predicted octanol–water partition coefficient (Wildman–Crippen LogP) is 0.966. The fraction of sp³-hybridized carbons (Fsp3) is 0.615. The first kappa shape index (κ1) is 14.4. The minimum Gasteiger partial charge on any atom is -0.481 e. The number of nitrogens with one attached hydrogen (secondary N) is 1. The molecular weight excluding hydrogens is 260 g/mol. The third-order valence-electron chi connectivity index (χ3n) is 4.16. The maximum Gasteiger partial charge on any atom is 0.305 e. The Labute approximate surface area is 116 Å². The molecule has 1 aliphatic rings. The van der Waals surface area contributed by atoms with Crippen LogP contribution in [0.25, 0.3) is 0 Å². The lowest BCUT2D eigenvalue weighted by Crippen LogP contribution is -2.50. The molecule has 0 amide bonds. The van der Waals surface area contributed by atoms with E-state index in [2.05, 4.69) is 9.97 Å². The molecule has 20 heavy (non-hydrogen) atoms. The molecule has 2 rings (SSSR count). The molecule has 0 saturated heterocycles. The van der Waals surface area contributed by atoms with Crippen LogP contribution < -0.4 is 16.2 Å². The second kappa shape index (κ2) is 5.52. The van der Waals surface area contributed by atoms with Gasteiger partial charge in [-0.25, -0.2) is 4.98 Å². The Morgan fingerprint density at radius 1 is 1.50 bits per heavy atom. The number of carbonyl (C=O) groups is 1. The summed E-state index contributed by atoms with van der Waals surface area (Å²) in [6.45, 7) is 0. The Morgan fingerprint density at radius 2 is 2.15 bits per heavy atom. The monoisotopic (exact) mass is 280 g/mol. The zero-order valence-electron chi connectivity index (χ0n) is 11.6. The number of carboxylic acid groups (broad SMARTS) is 1. The van der Waals surface area contributed by atoms with Gasteiger partial charge in [0.25, 0.3) is 5.56 Å². The van der Waals surface area contributed by atoms with Gasteiger partial charge >= 0.3 is 5.97 Å². The summed E-state index contributed by atoms with van der Waals surface area (Å²) in [4.78, 5) is 31.1. The highest BCUT2D eigenvalue weighted by Gasteiger charge is 2.39. The molecule has 0 bridgehead atoms. The molecule has 0 radical (unpaired) electrons. The van der Waals surface area contributed by atoms with E-state index in [1.807, 2.05) is 0 Å². The number of H-pyrrole nitrogens is 1. The van der Waals surface area contributed by atoms with Crippen molar-refractivity contribution in [3.63, 3.8) is 0 Å². The summed E-state index contributed by atoms with van der Waals surface area (Å²) in [5, 5.41) is 9.20. The first-order chi connectivity index (χ1) is 9.46. The zero-order chi connectivity index (χ0) is 14.8. The van der Waals surface area contributed by atoms with Crippen molar-refractivity contribution in [2.45, 2.75) is 44.1 Å². The fourth-order valence-electron chi connectivity index (χ4n) is 3.01. The third-order valence-corrected chi connectivity index (χ3v) is 4.16. The topological polar surface area (TPSA) is 112 Å². The van der Waals surface area contributed by atoms with Gasteiger partial charge in [0.05, 0.1) is 18.3 Å². The van der Waals surface area contributed by atoms with Crippen molar-refractivity contribution >= 4 is 17.5 Å². The SMILES string of the molecule is CN(c1nc[nH]c(=O)c1N)C1(CC(=O)O)CCCCC1. The maximum atomic E-state index is 11.6. The van der Waals surface area contributed by atoms with Gasteiger partial charge in [-0.15, -0.1) is 0 Å². The van der Waals surface area contributed by atoms with Gasteiger partial charge in [0, 0.05) is 7.05 Å². The first-order valence-corrected chi connectivity index (χ1v) is 6.75. The Balaban J connectivity index is 2.40. The molecule has 1 fully saturated rings. The number of nitrogen functional groups attached to an aromatic ring is 1. The molecule has 1 aliphatic carbocycles. The second-order valence-corrected chi connectivity index (χ2v) is 5.38. The average molecular weight is 280 g/mol. The fourth-order valence-corrected chi connectivity index (χ4v) is 3.01. The lowest BCUT2D eigenvalue weighted by Gasteiger charge is -2.44. The Kier molecular flexibility index (Phi) is 3.96. The van der Waals surface area contributed by atoms with Gasteiger partial charge in [-0.3, -0.25) is 9.59 Å². The van der Waals surface area contributed by atoms with Crippen molar-refractivity contribution in [1.29, 1.82) is 0 Å². The minimum absolute atomic E-state index is 0.0252. The highest BCUT2D eigenvalue weighted by molar-refractivity contribution is 5.71. The smallest absolute Gasteiger partial charge is 0.305 e. The molecule has 1 aromatic heterocycles. The summed E-state index contributed by atoms with van der Waals surface area (Å²) >= 11 is 0. The number of hydrogen-bond donors (Lipinski definition) is 3.